The van der Waals surface area contributed by atoms with Crippen molar-refractivity contribution in [2.45, 2.75) is 24.5 Å². The van der Waals surface area contributed by atoms with Crippen molar-refractivity contribution in [2.24, 2.45) is 0 Å². The molecule has 1 aliphatic rings. The van der Waals surface area contributed by atoms with Crippen LogP contribution in [0, 0.1) is 11.3 Å². The predicted octanol–water partition coefficient (Wildman–Crippen LogP) is 2.64. The third kappa shape index (κ3) is 3.31. The van der Waals surface area contributed by atoms with Gasteiger partial charge in [-0.25, -0.2) is 0 Å². The zero-order chi connectivity index (χ0) is 12.1. The lowest BCUT2D eigenvalue weighted by atomic mass is 10.1. The minimum Gasteiger partial charge on any atom is -0.398 e. The molecule has 90 valence electrons. The van der Waals surface area contributed by atoms with E-state index in [4.69, 9.17) is 11.0 Å². The molecule has 17 heavy (non-hydrogen) atoms. The number of nitrogens with zero attached hydrogens (tertiary/aromatic N) is 1. The van der Waals surface area contributed by atoms with Crippen molar-refractivity contribution < 1.29 is 0 Å². The van der Waals surface area contributed by atoms with Crippen LogP contribution in [-0.2, 0) is 6.42 Å². The van der Waals surface area contributed by atoms with Gasteiger partial charge in [0.25, 0.3) is 0 Å². The van der Waals surface area contributed by atoms with E-state index >= 15 is 0 Å². The number of rotatable bonds is 4. The van der Waals surface area contributed by atoms with E-state index in [1.165, 1.54) is 18.6 Å². The molecule has 1 aliphatic heterocycles. The molecule has 1 aromatic carbocycles. The summed E-state index contributed by atoms with van der Waals surface area (Å²) >= 11 is 2.04. The molecule has 1 atom stereocenters. The van der Waals surface area contributed by atoms with Crippen molar-refractivity contribution in [1.29, 1.82) is 5.26 Å². The van der Waals surface area contributed by atoms with Gasteiger partial charge in [-0.1, -0.05) is 0 Å². The Balaban J connectivity index is 1.96. The number of hydrogen-bond donors (Lipinski definition) is 2. The molecule has 1 unspecified atom stereocenters. The molecule has 4 heteroatoms. The Morgan fingerprint density at radius 2 is 2.41 bits per heavy atom. The van der Waals surface area contributed by atoms with Crippen molar-refractivity contribution >= 4 is 23.1 Å². The maximum Gasteiger partial charge on any atom is 0.0670 e. The highest BCUT2D eigenvalue weighted by Crippen LogP contribution is 2.26. The topological polar surface area (TPSA) is 61.8 Å². The molecule has 1 aromatic rings. The summed E-state index contributed by atoms with van der Waals surface area (Å²) in [6.07, 6.45) is 3.01. The Hall–Kier alpha value is -1.34. The van der Waals surface area contributed by atoms with E-state index in [0.717, 1.165) is 23.0 Å². The molecule has 0 amide bonds. The molecule has 2 rings (SSSR count). The van der Waals surface area contributed by atoms with E-state index in [-0.39, 0.29) is 0 Å². The maximum atomic E-state index is 8.71. The van der Waals surface area contributed by atoms with Gasteiger partial charge in [0, 0.05) is 23.2 Å². The Kier molecular flexibility index (Phi) is 4.16. The maximum absolute atomic E-state index is 8.71. The fourth-order valence-electron chi connectivity index (χ4n) is 1.99. The monoisotopic (exact) mass is 247 g/mol. The van der Waals surface area contributed by atoms with E-state index in [0.29, 0.717) is 12.1 Å². The van der Waals surface area contributed by atoms with Crippen LogP contribution in [0.1, 0.15) is 18.4 Å². The zero-order valence-electron chi connectivity index (χ0n) is 9.78. The van der Waals surface area contributed by atoms with Gasteiger partial charge in [-0.15, -0.1) is 0 Å². The summed E-state index contributed by atoms with van der Waals surface area (Å²) in [7, 11) is 0. The van der Waals surface area contributed by atoms with Crippen LogP contribution in [0.2, 0.25) is 0 Å². The Labute approximate surface area is 106 Å². The minimum atomic E-state index is 0.375. The second-order valence-corrected chi connectivity index (χ2v) is 5.67. The van der Waals surface area contributed by atoms with Gasteiger partial charge < -0.3 is 11.1 Å². The lowest BCUT2D eigenvalue weighted by Crippen LogP contribution is -2.13. The van der Waals surface area contributed by atoms with Gasteiger partial charge in [-0.3, -0.25) is 0 Å². The Morgan fingerprint density at radius 3 is 3.12 bits per heavy atom. The van der Waals surface area contributed by atoms with Gasteiger partial charge in [-0.05, 0) is 42.4 Å². The van der Waals surface area contributed by atoms with Crippen LogP contribution in [0.3, 0.4) is 0 Å². The third-order valence-corrected chi connectivity index (χ3v) is 4.37. The second-order valence-electron chi connectivity index (χ2n) is 4.26. The fraction of sp³-hybridized carbons (Fsp3) is 0.462. The van der Waals surface area contributed by atoms with E-state index in [9.17, 15) is 0 Å². The number of nitriles is 1. The van der Waals surface area contributed by atoms with Gasteiger partial charge in [0.2, 0.25) is 0 Å². The van der Waals surface area contributed by atoms with E-state index in [1.54, 1.807) is 0 Å². The largest absolute Gasteiger partial charge is 0.398 e. The van der Waals surface area contributed by atoms with Crippen LogP contribution < -0.4 is 11.1 Å². The quantitative estimate of drug-likeness (QED) is 0.803. The first-order chi connectivity index (χ1) is 8.29. The molecular formula is C13H17N3S. The molecule has 3 N–H and O–H groups in total. The van der Waals surface area contributed by atoms with Gasteiger partial charge in [0.05, 0.1) is 12.5 Å². The number of nitrogens with two attached hydrogens (primary N) is 1. The predicted molar refractivity (Wildman–Crippen MR) is 74.1 cm³/mol. The summed E-state index contributed by atoms with van der Waals surface area (Å²) < 4.78 is 0. The van der Waals surface area contributed by atoms with Crippen molar-refractivity contribution in [3.63, 3.8) is 0 Å². The second kappa shape index (κ2) is 5.83. The highest BCUT2D eigenvalue weighted by Gasteiger charge is 2.14. The highest BCUT2D eigenvalue weighted by molar-refractivity contribution is 8.00. The summed E-state index contributed by atoms with van der Waals surface area (Å²) in [6.45, 7) is 1.00. The highest BCUT2D eigenvalue weighted by atomic mass is 32.2. The van der Waals surface area contributed by atoms with Crippen LogP contribution in [-0.4, -0.2) is 17.5 Å². The Bertz CT molecular complexity index is 419. The molecular weight excluding hydrogens is 230 g/mol. The minimum absolute atomic E-state index is 0.375. The third-order valence-electron chi connectivity index (χ3n) is 2.97. The van der Waals surface area contributed by atoms with E-state index < -0.39 is 0 Å². The van der Waals surface area contributed by atoms with Crippen molar-refractivity contribution in [3.8, 4) is 6.07 Å². The number of hydrogen-bond acceptors (Lipinski definition) is 4. The van der Waals surface area contributed by atoms with Crippen molar-refractivity contribution in [2.75, 3.05) is 23.3 Å². The molecule has 0 radical (unpaired) electrons. The first-order valence-corrected chi connectivity index (χ1v) is 6.95. The molecule has 3 nitrogen and oxygen atoms in total. The number of benzene rings is 1. The first-order valence-electron chi connectivity index (χ1n) is 5.90. The summed E-state index contributed by atoms with van der Waals surface area (Å²) in [5.41, 5.74) is 8.49. The van der Waals surface area contributed by atoms with Crippen LogP contribution in [0.15, 0.2) is 18.2 Å². The standard InChI is InChI=1S/C13H17N3S/c14-6-5-10-8-11(3-4-13(10)15)16-9-12-2-1-7-17-12/h3-4,8,12,16H,1-2,5,7,9,15H2. The first kappa shape index (κ1) is 12.1. The van der Waals surface area contributed by atoms with Crippen molar-refractivity contribution in [1.82, 2.24) is 0 Å². The average Bonchev–Trinajstić information content (AvgIpc) is 2.83. The van der Waals surface area contributed by atoms with Crippen molar-refractivity contribution in [3.05, 3.63) is 23.8 Å². The zero-order valence-corrected chi connectivity index (χ0v) is 10.6. The molecule has 0 aromatic heterocycles. The lowest BCUT2D eigenvalue weighted by molar-refractivity contribution is 0.805. The molecule has 1 fully saturated rings. The molecule has 0 spiro atoms. The lowest BCUT2D eigenvalue weighted by Gasteiger charge is -2.12. The molecule has 1 heterocycles. The van der Waals surface area contributed by atoms with Gasteiger partial charge in [0.15, 0.2) is 0 Å². The molecule has 0 aliphatic carbocycles. The van der Waals surface area contributed by atoms with E-state index in [2.05, 4.69) is 11.4 Å². The molecule has 0 bridgehead atoms. The van der Waals surface area contributed by atoms with Crippen LogP contribution in [0.4, 0.5) is 11.4 Å². The van der Waals surface area contributed by atoms with Crippen LogP contribution >= 0.6 is 11.8 Å². The fourth-order valence-corrected chi connectivity index (χ4v) is 3.19. The number of nitrogens with one attached hydrogen (secondary N) is 1. The average molecular weight is 247 g/mol. The summed E-state index contributed by atoms with van der Waals surface area (Å²) in [4.78, 5) is 0. The normalized spacial score (nSPS) is 18.9. The van der Waals surface area contributed by atoms with Gasteiger partial charge in [-0.2, -0.15) is 17.0 Å². The van der Waals surface area contributed by atoms with Crippen LogP contribution in [0.25, 0.3) is 0 Å². The van der Waals surface area contributed by atoms with Crippen LogP contribution in [0.5, 0.6) is 0 Å². The Morgan fingerprint density at radius 1 is 1.53 bits per heavy atom. The van der Waals surface area contributed by atoms with Gasteiger partial charge in [0.1, 0.15) is 0 Å². The molecule has 1 saturated heterocycles. The number of thioether (sulfide) groups is 1. The summed E-state index contributed by atoms with van der Waals surface area (Å²) in [6, 6.07) is 7.98. The number of anilines is 2. The summed E-state index contributed by atoms with van der Waals surface area (Å²) in [5.74, 6) is 1.29. The summed E-state index contributed by atoms with van der Waals surface area (Å²) in [5, 5.41) is 12.9. The number of nitrogen functional groups attached to an aromatic ring is 1. The van der Waals surface area contributed by atoms with Gasteiger partial charge >= 0.3 is 0 Å². The molecule has 0 saturated carbocycles. The smallest absolute Gasteiger partial charge is 0.0670 e. The SMILES string of the molecule is N#CCc1cc(NCC2CCCS2)ccc1N. The van der Waals surface area contributed by atoms with E-state index in [1.807, 2.05) is 30.0 Å².